The van der Waals surface area contributed by atoms with Crippen LogP contribution in [0.5, 0.6) is 0 Å². The van der Waals surface area contributed by atoms with Crippen LogP contribution in [0.4, 0.5) is 4.39 Å². The van der Waals surface area contributed by atoms with Crippen LogP contribution in [0.15, 0.2) is 18.3 Å². The van der Waals surface area contributed by atoms with Gasteiger partial charge in [0.25, 0.3) is 0 Å². The van der Waals surface area contributed by atoms with Crippen molar-refractivity contribution in [2.45, 2.75) is 26.4 Å². The van der Waals surface area contributed by atoms with Gasteiger partial charge in [0, 0.05) is 34.2 Å². The Morgan fingerprint density at radius 3 is 2.79 bits per heavy atom. The second kappa shape index (κ2) is 6.18. The summed E-state index contributed by atoms with van der Waals surface area (Å²) in [5.74, 6) is -0.459. The first-order valence-electron chi connectivity index (χ1n) is 5.77. The third-order valence-electron chi connectivity index (χ3n) is 2.74. The van der Waals surface area contributed by atoms with Gasteiger partial charge in [-0.3, -0.25) is 0 Å². The van der Waals surface area contributed by atoms with E-state index < -0.39 is 5.82 Å². The second-order valence-electron chi connectivity index (χ2n) is 4.22. The molecule has 0 aliphatic carbocycles. The molecule has 1 heterocycles. The lowest BCUT2D eigenvalue weighted by Crippen LogP contribution is -2.19. The zero-order valence-corrected chi connectivity index (χ0v) is 12.8. The summed E-state index contributed by atoms with van der Waals surface area (Å²) in [6.45, 7) is 4.50. The van der Waals surface area contributed by atoms with Crippen molar-refractivity contribution < 1.29 is 4.39 Å². The summed E-state index contributed by atoms with van der Waals surface area (Å²) in [5.41, 5.74) is 0.580. The van der Waals surface area contributed by atoms with Gasteiger partial charge < -0.3 is 5.32 Å². The third-order valence-corrected chi connectivity index (χ3v) is 4.37. The number of nitrogens with zero attached hydrogens (tertiary/aromatic N) is 1. The van der Waals surface area contributed by atoms with E-state index in [1.54, 1.807) is 11.3 Å². The summed E-state index contributed by atoms with van der Waals surface area (Å²) >= 11 is 13.7. The molecule has 1 aromatic carbocycles. The van der Waals surface area contributed by atoms with Crippen LogP contribution in [0.2, 0.25) is 10.0 Å². The van der Waals surface area contributed by atoms with Crippen molar-refractivity contribution in [3.8, 4) is 0 Å². The van der Waals surface area contributed by atoms with Crippen molar-refractivity contribution in [1.82, 2.24) is 10.3 Å². The molecule has 0 spiro atoms. The summed E-state index contributed by atoms with van der Waals surface area (Å²) < 4.78 is 13.5. The summed E-state index contributed by atoms with van der Waals surface area (Å²) in [6, 6.07) is 2.63. The molecule has 0 radical (unpaired) electrons. The first-order valence-corrected chi connectivity index (χ1v) is 7.34. The van der Waals surface area contributed by atoms with Crippen LogP contribution in [0.25, 0.3) is 0 Å². The van der Waals surface area contributed by atoms with Gasteiger partial charge in [-0.15, -0.1) is 11.3 Å². The Kier molecular flexibility index (Phi) is 4.79. The molecule has 1 aromatic heterocycles. The number of halogens is 3. The Balaban J connectivity index is 2.12. The molecule has 102 valence electrons. The number of nitrogens with one attached hydrogen (secondary N) is 1. The zero-order chi connectivity index (χ0) is 14.0. The number of rotatable bonds is 4. The van der Waals surface area contributed by atoms with Gasteiger partial charge in [0.2, 0.25) is 0 Å². The van der Waals surface area contributed by atoms with Gasteiger partial charge in [-0.1, -0.05) is 23.2 Å². The first-order chi connectivity index (χ1) is 8.99. The van der Waals surface area contributed by atoms with E-state index in [0.717, 1.165) is 9.88 Å². The van der Waals surface area contributed by atoms with Crippen molar-refractivity contribution in [1.29, 1.82) is 0 Å². The van der Waals surface area contributed by atoms with E-state index in [2.05, 4.69) is 10.3 Å². The van der Waals surface area contributed by atoms with E-state index >= 15 is 0 Å². The highest BCUT2D eigenvalue weighted by molar-refractivity contribution is 7.11. The molecular formula is C13H13Cl2FN2S. The lowest BCUT2D eigenvalue weighted by molar-refractivity contribution is 0.564. The highest BCUT2D eigenvalue weighted by Crippen LogP contribution is 2.32. The maximum absolute atomic E-state index is 13.5. The largest absolute Gasteiger partial charge is 0.304 e. The quantitative estimate of drug-likeness (QED) is 0.823. The van der Waals surface area contributed by atoms with Gasteiger partial charge in [0.05, 0.1) is 5.02 Å². The molecule has 0 saturated carbocycles. The normalized spacial score (nSPS) is 12.7. The van der Waals surface area contributed by atoms with Gasteiger partial charge >= 0.3 is 0 Å². The predicted octanol–water partition coefficient (Wildman–Crippen LogP) is 4.75. The molecule has 0 amide bonds. The van der Waals surface area contributed by atoms with Gasteiger partial charge in [-0.2, -0.15) is 0 Å². The van der Waals surface area contributed by atoms with Gasteiger partial charge in [0.15, 0.2) is 0 Å². The fraction of sp³-hybridized carbons (Fsp3) is 0.308. The molecule has 0 aliphatic heterocycles. The number of hydrogen-bond donors (Lipinski definition) is 1. The minimum Gasteiger partial charge on any atom is -0.304 e. The number of aromatic nitrogens is 1. The van der Waals surface area contributed by atoms with E-state index in [1.807, 2.05) is 20.0 Å². The smallest absolute Gasteiger partial charge is 0.142 e. The van der Waals surface area contributed by atoms with Crippen LogP contribution in [-0.2, 0) is 6.54 Å². The molecule has 2 rings (SSSR count). The SMILES string of the molecule is Cc1cnc(CNC(C)c2c(Cl)ccc(F)c2Cl)s1. The van der Waals surface area contributed by atoms with Crippen LogP contribution in [0.3, 0.4) is 0 Å². The summed E-state index contributed by atoms with van der Waals surface area (Å²) in [5, 5.41) is 4.76. The fourth-order valence-corrected chi connectivity index (χ4v) is 3.20. The molecular weight excluding hydrogens is 306 g/mol. The van der Waals surface area contributed by atoms with E-state index in [0.29, 0.717) is 17.1 Å². The molecule has 0 fully saturated rings. The van der Waals surface area contributed by atoms with Crippen LogP contribution >= 0.6 is 34.5 Å². The molecule has 2 nitrogen and oxygen atoms in total. The average Bonchev–Trinajstić information content (AvgIpc) is 2.78. The van der Waals surface area contributed by atoms with Gasteiger partial charge in [-0.05, 0) is 26.0 Å². The molecule has 1 unspecified atom stereocenters. The highest BCUT2D eigenvalue weighted by Gasteiger charge is 2.17. The Labute approximate surface area is 125 Å². The Hall–Kier alpha value is -0.680. The lowest BCUT2D eigenvalue weighted by Gasteiger charge is -2.16. The minimum absolute atomic E-state index is 0.0721. The topological polar surface area (TPSA) is 24.9 Å². The van der Waals surface area contributed by atoms with Crippen LogP contribution in [0, 0.1) is 12.7 Å². The highest BCUT2D eigenvalue weighted by atomic mass is 35.5. The maximum atomic E-state index is 13.5. The molecule has 0 bridgehead atoms. The number of hydrogen-bond acceptors (Lipinski definition) is 3. The number of benzene rings is 1. The van der Waals surface area contributed by atoms with Gasteiger partial charge in [0.1, 0.15) is 10.8 Å². The van der Waals surface area contributed by atoms with Crippen molar-refractivity contribution in [2.75, 3.05) is 0 Å². The molecule has 0 aliphatic rings. The zero-order valence-electron chi connectivity index (χ0n) is 10.5. The monoisotopic (exact) mass is 318 g/mol. The van der Waals surface area contributed by atoms with Crippen molar-refractivity contribution in [3.05, 3.63) is 49.6 Å². The number of aryl methyl sites for hydroxylation is 1. The summed E-state index contributed by atoms with van der Waals surface area (Å²) in [4.78, 5) is 5.42. The van der Waals surface area contributed by atoms with Crippen molar-refractivity contribution >= 4 is 34.5 Å². The third kappa shape index (κ3) is 3.45. The lowest BCUT2D eigenvalue weighted by atomic mass is 10.1. The van der Waals surface area contributed by atoms with Crippen LogP contribution in [-0.4, -0.2) is 4.98 Å². The molecule has 1 atom stereocenters. The molecule has 0 saturated heterocycles. The van der Waals surface area contributed by atoms with Crippen LogP contribution in [0.1, 0.15) is 28.4 Å². The first kappa shape index (κ1) is 14.7. The molecule has 1 N–H and O–H groups in total. The minimum atomic E-state index is -0.459. The van der Waals surface area contributed by atoms with E-state index in [1.165, 1.54) is 12.1 Å². The van der Waals surface area contributed by atoms with E-state index in [-0.39, 0.29) is 11.1 Å². The van der Waals surface area contributed by atoms with E-state index in [4.69, 9.17) is 23.2 Å². The van der Waals surface area contributed by atoms with Crippen molar-refractivity contribution in [2.24, 2.45) is 0 Å². The second-order valence-corrected chi connectivity index (χ2v) is 6.33. The number of thiazole rings is 1. The molecule has 6 heteroatoms. The van der Waals surface area contributed by atoms with Crippen molar-refractivity contribution in [3.63, 3.8) is 0 Å². The summed E-state index contributed by atoms with van der Waals surface area (Å²) in [7, 11) is 0. The Morgan fingerprint density at radius 2 is 2.16 bits per heavy atom. The predicted molar refractivity (Wildman–Crippen MR) is 78.5 cm³/mol. The average molecular weight is 319 g/mol. The van der Waals surface area contributed by atoms with E-state index in [9.17, 15) is 4.39 Å². The molecule has 2 aromatic rings. The maximum Gasteiger partial charge on any atom is 0.142 e. The molecule has 19 heavy (non-hydrogen) atoms. The summed E-state index contributed by atoms with van der Waals surface area (Å²) in [6.07, 6.45) is 1.83. The Bertz CT molecular complexity index is 586. The van der Waals surface area contributed by atoms with Crippen LogP contribution < -0.4 is 5.32 Å². The standard InChI is InChI=1S/C13H13Cl2FN2S/c1-7-5-18-11(19-7)6-17-8(2)12-9(14)3-4-10(16)13(12)15/h3-5,8,17H,6H2,1-2H3. The Morgan fingerprint density at radius 1 is 1.42 bits per heavy atom. The fourth-order valence-electron chi connectivity index (χ4n) is 1.77. The van der Waals surface area contributed by atoms with Gasteiger partial charge in [-0.25, -0.2) is 9.37 Å².